The Balaban J connectivity index is 0.000000963. The highest BCUT2D eigenvalue weighted by Gasteiger charge is 2.81. The predicted molar refractivity (Wildman–Crippen MR) is 58.1 cm³/mol. The molecule has 2 heterocycles. The molecule has 16 heavy (non-hydrogen) atoms. The van der Waals surface area contributed by atoms with Gasteiger partial charge in [-0.05, 0) is 13.0 Å². The molecule has 1 saturated carbocycles. The van der Waals surface area contributed by atoms with Gasteiger partial charge in [0.15, 0.2) is 0 Å². The van der Waals surface area contributed by atoms with Gasteiger partial charge in [-0.1, -0.05) is 0 Å². The summed E-state index contributed by atoms with van der Waals surface area (Å²) < 4.78 is 29.1. The van der Waals surface area contributed by atoms with E-state index in [2.05, 4.69) is 10.4 Å². The van der Waals surface area contributed by atoms with Crippen molar-refractivity contribution < 1.29 is 8.78 Å². The smallest absolute Gasteiger partial charge is 0.263 e. The Bertz CT molecular complexity index is 407. The summed E-state index contributed by atoms with van der Waals surface area (Å²) in [5.74, 6) is -3.09. The SMILES string of the molecule is Cl.Cn1cc(C23CCNCC2C3(F)F)cn1. The Morgan fingerprint density at radius 3 is 2.88 bits per heavy atom. The Morgan fingerprint density at radius 1 is 1.56 bits per heavy atom. The molecule has 2 atom stereocenters. The van der Waals surface area contributed by atoms with E-state index in [9.17, 15) is 8.78 Å². The molecular weight excluding hydrogens is 236 g/mol. The van der Waals surface area contributed by atoms with Gasteiger partial charge in [-0.25, -0.2) is 8.78 Å². The fraction of sp³-hybridized carbons (Fsp3) is 0.700. The largest absolute Gasteiger partial charge is 0.316 e. The lowest BCUT2D eigenvalue weighted by molar-refractivity contribution is 0.0781. The maximum absolute atomic E-state index is 13.8. The Morgan fingerprint density at radius 2 is 2.31 bits per heavy atom. The first-order valence-electron chi connectivity index (χ1n) is 5.17. The van der Waals surface area contributed by atoms with Crippen molar-refractivity contribution in [3.05, 3.63) is 18.0 Å². The molecule has 1 saturated heterocycles. The van der Waals surface area contributed by atoms with Crippen molar-refractivity contribution >= 4 is 12.4 Å². The van der Waals surface area contributed by atoms with Gasteiger partial charge in [-0.15, -0.1) is 12.4 Å². The van der Waals surface area contributed by atoms with Gasteiger partial charge in [0, 0.05) is 25.4 Å². The molecule has 90 valence electrons. The van der Waals surface area contributed by atoms with E-state index in [1.165, 1.54) is 0 Å². The zero-order valence-electron chi connectivity index (χ0n) is 8.91. The van der Waals surface area contributed by atoms with Crippen LogP contribution in [0.15, 0.2) is 12.4 Å². The lowest BCUT2D eigenvalue weighted by atomic mass is 9.90. The number of hydrogen-bond acceptors (Lipinski definition) is 2. The van der Waals surface area contributed by atoms with Crippen LogP contribution in [0.1, 0.15) is 12.0 Å². The molecule has 2 aliphatic rings. The monoisotopic (exact) mass is 249 g/mol. The topological polar surface area (TPSA) is 29.9 Å². The van der Waals surface area contributed by atoms with E-state index in [1.807, 2.05) is 0 Å². The average Bonchev–Trinajstić information content (AvgIpc) is 2.56. The fourth-order valence-electron chi connectivity index (χ4n) is 2.90. The van der Waals surface area contributed by atoms with E-state index in [1.54, 1.807) is 24.1 Å². The molecular formula is C10H14ClF2N3. The zero-order valence-corrected chi connectivity index (χ0v) is 9.73. The summed E-state index contributed by atoms with van der Waals surface area (Å²) in [6.45, 7) is 1.09. The summed E-state index contributed by atoms with van der Waals surface area (Å²) in [6, 6.07) is 0. The number of piperidine rings is 1. The molecule has 0 spiro atoms. The average molecular weight is 250 g/mol. The highest BCUT2D eigenvalue weighted by atomic mass is 35.5. The minimum absolute atomic E-state index is 0. The highest BCUT2D eigenvalue weighted by molar-refractivity contribution is 5.85. The second-order valence-corrected chi connectivity index (χ2v) is 4.50. The van der Waals surface area contributed by atoms with E-state index in [0.717, 1.165) is 0 Å². The van der Waals surface area contributed by atoms with Crippen molar-refractivity contribution in [3.63, 3.8) is 0 Å². The minimum Gasteiger partial charge on any atom is -0.316 e. The van der Waals surface area contributed by atoms with Gasteiger partial charge in [-0.3, -0.25) is 4.68 Å². The molecule has 0 amide bonds. The predicted octanol–water partition coefficient (Wildman–Crippen LogP) is 1.34. The van der Waals surface area contributed by atoms with Crippen molar-refractivity contribution in [2.24, 2.45) is 13.0 Å². The number of aromatic nitrogens is 2. The van der Waals surface area contributed by atoms with Crippen molar-refractivity contribution in [1.82, 2.24) is 15.1 Å². The molecule has 3 rings (SSSR count). The molecule has 3 nitrogen and oxygen atoms in total. The highest BCUT2D eigenvalue weighted by Crippen LogP contribution is 2.69. The van der Waals surface area contributed by atoms with Gasteiger partial charge >= 0.3 is 0 Å². The molecule has 0 bridgehead atoms. The van der Waals surface area contributed by atoms with Crippen LogP contribution in [0.4, 0.5) is 8.78 Å². The fourth-order valence-corrected chi connectivity index (χ4v) is 2.90. The lowest BCUT2D eigenvalue weighted by Gasteiger charge is -2.19. The summed E-state index contributed by atoms with van der Waals surface area (Å²) in [7, 11) is 1.76. The number of halogens is 3. The Labute approximate surface area is 98.6 Å². The third-order valence-corrected chi connectivity index (χ3v) is 3.81. The number of hydrogen-bond donors (Lipinski definition) is 1. The van der Waals surface area contributed by atoms with E-state index in [4.69, 9.17) is 0 Å². The van der Waals surface area contributed by atoms with Gasteiger partial charge in [0.25, 0.3) is 5.92 Å². The molecule has 1 N–H and O–H groups in total. The number of rotatable bonds is 1. The first kappa shape index (κ1) is 11.8. The van der Waals surface area contributed by atoms with Crippen LogP contribution in [0.5, 0.6) is 0 Å². The minimum atomic E-state index is -2.56. The van der Waals surface area contributed by atoms with Gasteiger partial charge in [-0.2, -0.15) is 5.10 Å². The van der Waals surface area contributed by atoms with E-state index >= 15 is 0 Å². The van der Waals surface area contributed by atoms with E-state index in [-0.39, 0.29) is 12.4 Å². The zero-order chi connectivity index (χ0) is 10.7. The molecule has 2 unspecified atom stereocenters. The van der Waals surface area contributed by atoms with Crippen molar-refractivity contribution in [2.45, 2.75) is 17.8 Å². The molecule has 1 aliphatic heterocycles. The molecule has 6 heteroatoms. The van der Waals surface area contributed by atoms with Crippen molar-refractivity contribution in [1.29, 1.82) is 0 Å². The molecule has 0 aromatic carbocycles. The van der Waals surface area contributed by atoms with Crippen LogP contribution >= 0.6 is 12.4 Å². The quantitative estimate of drug-likeness (QED) is 0.814. The van der Waals surface area contributed by atoms with Gasteiger partial charge in [0.05, 0.1) is 17.5 Å². The first-order valence-corrected chi connectivity index (χ1v) is 5.17. The number of fused-ring (bicyclic) bond motifs is 1. The van der Waals surface area contributed by atoms with Crippen LogP contribution in [0.3, 0.4) is 0 Å². The molecule has 0 radical (unpaired) electrons. The number of nitrogens with zero attached hydrogens (tertiary/aromatic N) is 2. The van der Waals surface area contributed by atoms with Crippen molar-refractivity contribution in [2.75, 3.05) is 13.1 Å². The Kier molecular flexibility index (Phi) is 2.51. The molecule has 1 aromatic heterocycles. The van der Waals surface area contributed by atoms with E-state index < -0.39 is 17.3 Å². The molecule has 1 aromatic rings. The third-order valence-electron chi connectivity index (χ3n) is 3.81. The van der Waals surface area contributed by atoms with Crippen LogP contribution in [-0.2, 0) is 12.5 Å². The number of aryl methyl sites for hydroxylation is 1. The van der Waals surface area contributed by atoms with Crippen LogP contribution in [0.25, 0.3) is 0 Å². The third kappa shape index (κ3) is 1.18. The van der Waals surface area contributed by atoms with Gasteiger partial charge in [0.1, 0.15) is 0 Å². The summed E-state index contributed by atoms with van der Waals surface area (Å²) in [4.78, 5) is 0. The summed E-state index contributed by atoms with van der Waals surface area (Å²) >= 11 is 0. The molecule has 2 fully saturated rings. The summed E-state index contributed by atoms with van der Waals surface area (Å²) in [6.07, 6.45) is 3.81. The normalized spacial score (nSPS) is 35.1. The Hall–Kier alpha value is -0.680. The summed E-state index contributed by atoms with van der Waals surface area (Å²) in [5.41, 5.74) is -0.228. The molecule has 1 aliphatic carbocycles. The van der Waals surface area contributed by atoms with Crippen LogP contribution in [0, 0.1) is 5.92 Å². The van der Waals surface area contributed by atoms with Gasteiger partial charge in [0.2, 0.25) is 0 Å². The number of nitrogens with one attached hydrogen (secondary N) is 1. The van der Waals surface area contributed by atoms with Crippen LogP contribution in [-0.4, -0.2) is 28.8 Å². The van der Waals surface area contributed by atoms with Crippen LogP contribution in [0.2, 0.25) is 0 Å². The van der Waals surface area contributed by atoms with Crippen molar-refractivity contribution in [3.8, 4) is 0 Å². The standard InChI is InChI=1S/C10H13F2N3.ClH/c1-15-6-7(4-14-15)9-2-3-13-5-8(9)10(9,11)12;/h4,6,8,13H,2-3,5H2,1H3;1H. The second kappa shape index (κ2) is 3.40. The second-order valence-electron chi connectivity index (χ2n) is 4.50. The first-order chi connectivity index (χ1) is 7.09. The van der Waals surface area contributed by atoms with E-state index in [0.29, 0.717) is 25.1 Å². The maximum atomic E-state index is 13.8. The van der Waals surface area contributed by atoms with Crippen LogP contribution < -0.4 is 5.32 Å². The maximum Gasteiger partial charge on any atom is 0.263 e. The lowest BCUT2D eigenvalue weighted by Crippen LogP contribution is -2.31. The van der Waals surface area contributed by atoms with Gasteiger partial charge < -0.3 is 5.32 Å². The number of alkyl halides is 2. The summed E-state index contributed by atoms with van der Waals surface area (Å²) in [5, 5.41) is 7.02.